The quantitative estimate of drug-likeness (QED) is 0.507. The summed E-state index contributed by atoms with van der Waals surface area (Å²) in [6.45, 7) is 2.78. The normalized spacial score (nSPS) is 15.0. The summed E-state index contributed by atoms with van der Waals surface area (Å²) in [6, 6.07) is 20.9. The maximum Gasteiger partial charge on any atom is 0.255 e. The van der Waals surface area contributed by atoms with Crippen LogP contribution in [0.3, 0.4) is 0 Å². The van der Waals surface area contributed by atoms with Gasteiger partial charge in [0.05, 0.1) is 19.6 Å². The number of ether oxygens (including phenoxy) is 2. The van der Waals surface area contributed by atoms with Gasteiger partial charge in [0.25, 0.3) is 5.91 Å². The first kappa shape index (κ1) is 23.8. The highest BCUT2D eigenvalue weighted by molar-refractivity contribution is 6.05. The average Bonchev–Trinajstić information content (AvgIpc) is 3.27. The molecule has 3 aromatic carbocycles. The molecule has 1 heterocycles. The van der Waals surface area contributed by atoms with Crippen molar-refractivity contribution in [2.24, 2.45) is 5.92 Å². The van der Waals surface area contributed by atoms with Crippen molar-refractivity contribution in [1.82, 2.24) is 0 Å². The summed E-state index contributed by atoms with van der Waals surface area (Å²) in [5.74, 6) is 0.377. The van der Waals surface area contributed by atoms with Gasteiger partial charge in [-0.3, -0.25) is 14.4 Å². The second kappa shape index (κ2) is 10.7. The number of rotatable bonds is 8. The van der Waals surface area contributed by atoms with Gasteiger partial charge in [-0.15, -0.1) is 0 Å². The molecule has 1 aliphatic heterocycles. The molecule has 8 nitrogen and oxygen atoms in total. The number of hydrogen-bond acceptors (Lipinski definition) is 5. The molecule has 0 saturated carbocycles. The zero-order valence-electron chi connectivity index (χ0n) is 19.6. The topological polar surface area (TPSA) is 97.0 Å². The van der Waals surface area contributed by atoms with Gasteiger partial charge in [0.1, 0.15) is 11.5 Å². The van der Waals surface area contributed by atoms with Gasteiger partial charge in [-0.05, 0) is 79.7 Å². The van der Waals surface area contributed by atoms with Crippen molar-refractivity contribution in [1.29, 1.82) is 0 Å². The molecule has 1 saturated heterocycles. The predicted molar refractivity (Wildman–Crippen MR) is 134 cm³/mol. The first-order chi connectivity index (χ1) is 17.0. The van der Waals surface area contributed by atoms with Gasteiger partial charge in [-0.1, -0.05) is 0 Å². The Bertz CT molecular complexity index is 1190. The maximum atomic E-state index is 12.8. The van der Waals surface area contributed by atoms with Crippen molar-refractivity contribution in [3.63, 3.8) is 0 Å². The van der Waals surface area contributed by atoms with Crippen LogP contribution < -0.4 is 25.0 Å². The molecule has 1 unspecified atom stereocenters. The molecule has 3 aromatic rings. The minimum absolute atomic E-state index is 0.0974. The molecule has 0 spiro atoms. The van der Waals surface area contributed by atoms with Crippen molar-refractivity contribution in [3.05, 3.63) is 78.4 Å². The van der Waals surface area contributed by atoms with Gasteiger partial charge in [-0.2, -0.15) is 0 Å². The highest BCUT2D eigenvalue weighted by Crippen LogP contribution is 2.28. The molecule has 1 atom stereocenters. The number of carbonyl (C=O) groups excluding carboxylic acids is 3. The van der Waals surface area contributed by atoms with Crippen molar-refractivity contribution < 1.29 is 23.9 Å². The Morgan fingerprint density at radius 2 is 1.49 bits per heavy atom. The van der Waals surface area contributed by atoms with E-state index in [1.807, 2.05) is 31.2 Å². The lowest BCUT2D eigenvalue weighted by Gasteiger charge is -2.17. The van der Waals surface area contributed by atoms with E-state index >= 15 is 0 Å². The van der Waals surface area contributed by atoms with E-state index in [-0.39, 0.29) is 24.1 Å². The van der Waals surface area contributed by atoms with Crippen LogP contribution in [0.1, 0.15) is 23.7 Å². The summed E-state index contributed by atoms with van der Waals surface area (Å²) in [5.41, 5.74) is 2.40. The molecular formula is C27H27N3O5. The third-order valence-corrected chi connectivity index (χ3v) is 5.72. The Labute approximate surface area is 203 Å². The van der Waals surface area contributed by atoms with E-state index in [0.717, 1.165) is 11.4 Å². The fourth-order valence-electron chi connectivity index (χ4n) is 3.85. The minimum Gasteiger partial charge on any atom is -0.497 e. The summed E-state index contributed by atoms with van der Waals surface area (Å²) < 4.78 is 10.6. The van der Waals surface area contributed by atoms with Crippen molar-refractivity contribution in [2.45, 2.75) is 13.3 Å². The lowest BCUT2D eigenvalue weighted by Crippen LogP contribution is -2.28. The molecule has 1 fully saturated rings. The van der Waals surface area contributed by atoms with Gasteiger partial charge in [-0.25, -0.2) is 0 Å². The number of hydrogen-bond donors (Lipinski definition) is 2. The molecule has 180 valence electrons. The van der Waals surface area contributed by atoms with Crippen LogP contribution in [0, 0.1) is 5.92 Å². The number of carbonyl (C=O) groups is 3. The van der Waals surface area contributed by atoms with Crippen LogP contribution in [0.4, 0.5) is 17.1 Å². The highest BCUT2D eigenvalue weighted by atomic mass is 16.5. The molecule has 0 bridgehead atoms. The lowest BCUT2D eigenvalue weighted by atomic mass is 10.1. The van der Waals surface area contributed by atoms with E-state index in [4.69, 9.17) is 9.47 Å². The smallest absolute Gasteiger partial charge is 0.255 e. The summed E-state index contributed by atoms with van der Waals surface area (Å²) >= 11 is 0. The molecule has 4 rings (SSSR count). The number of benzene rings is 3. The van der Waals surface area contributed by atoms with Gasteiger partial charge >= 0.3 is 0 Å². The third kappa shape index (κ3) is 5.78. The van der Waals surface area contributed by atoms with Crippen LogP contribution in [-0.2, 0) is 9.59 Å². The van der Waals surface area contributed by atoms with E-state index in [1.165, 1.54) is 0 Å². The number of nitrogens with one attached hydrogen (secondary N) is 2. The Balaban J connectivity index is 1.33. The molecule has 0 aromatic heterocycles. The summed E-state index contributed by atoms with van der Waals surface area (Å²) in [6.07, 6.45) is 0.140. The van der Waals surface area contributed by atoms with E-state index in [2.05, 4.69) is 10.6 Å². The minimum atomic E-state index is -0.466. The van der Waals surface area contributed by atoms with Gasteiger partial charge in [0.2, 0.25) is 11.8 Å². The van der Waals surface area contributed by atoms with Crippen LogP contribution in [0.15, 0.2) is 72.8 Å². The molecule has 0 radical (unpaired) electrons. The largest absolute Gasteiger partial charge is 0.497 e. The molecule has 2 N–H and O–H groups in total. The third-order valence-electron chi connectivity index (χ3n) is 5.72. The van der Waals surface area contributed by atoms with E-state index in [0.29, 0.717) is 35.8 Å². The number of nitrogens with zero attached hydrogens (tertiary/aromatic N) is 1. The van der Waals surface area contributed by atoms with E-state index in [1.54, 1.807) is 60.5 Å². The lowest BCUT2D eigenvalue weighted by molar-refractivity contribution is -0.122. The van der Waals surface area contributed by atoms with E-state index < -0.39 is 5.92 Å². The van der Waals surface area contributed by atoms with Crippen LogP contribution in [0.2, 0.25) is 0 Å². The molecule has 3 amide bonds. The Hall–Kier alpha value is -4.33. The number of amides is 3. The fourth-order valence-corrected chi connectivity index (χ4v) is 3.85. The van der Waals surface area contributed by atoms with Gasteiger partial charge in [0, 0.05) is 35.6 Å². The summed E-state index contributed by atoms with van der Waals surface area (Å²) in [7, 11) is 1.58. The second-order valence-electron chi connectivity index (χ2n) is 8.08. The van der Waals surface area contributed by atoms with Crippen LogP contribution in [0.25, 0.3) is 0 Å². The SMILES string of the molecule is CCOc1ccc(N2CC(C(=O)Nc3ccc(C(=O)Nc4ccc(OC)cc4)cc3)CC2=O)cc1. The van der Waals surface area contributed by atoms with Crippen molar-refractivity contribution >= 4 is 34.8 Å². The predicted octanol–water partition coefficient (Wildman–Crippen LogP) is 4.34. The van der Waals surface area contributed by atoms with Crippen LogP contribution in [0.5, 0.6) is 11.5 Å². The maximum absolute atomic E-state index is 12.8. The zero-order chi connectivity index (χ0) is 24.8. The Kier molecular flexibility index (Phi) is 7.30. The van der Waals surface area contributed by atoms with Crippen LogP contribution in [-0.4, -0.2) is 38.0 Å². The molecule has 0 aliphatic carbocycles. The second-order valence-corrected chi connectivity index (χ2v) is 8.08. The van der Waals surface area contributed by atoms with Gasteiger partial charge < -0.3 is 25.0 Å². The molecular weight excluding hydrogens is 446 g/mol. The Morgan fingerprint density at radius 3 is 2.11 bits per heavy atom. The summed E-state index contributed by atoms with van der Waals surface area (Å²) in [5, 5.41) is 5.66. The Morgan fingerprint density at radius 1 is 0.886 bits per heavy atom. The fraction of sp³-hybridized carbons (Fsp3) is 0.222. The standard InChI is InChI=1S/C27H27N3O5/c1-3-35-24-14-10-22(11-15-24)30-17-19(16-25(30)31)27(33)29-20-6-4-18(5-7-20)26(32)28-21-8-12-23(34-2)13-9-21/h4-15,19H,3,16-17H2,1-2H3,(H,28,32)(H,29,33). The number of methoxy groups -OCH3 is 1. The molecule has 8 heteroatoms. The monoisotopic (exact) mass is 473 g/mol. The average molecular weight is 474 g/mol. The summed E-state index contributed by atoms with van der Waals surface area (Å²) in [4.78, 5) is 39.4. The number of anilines is 3. The zero-order valence-corrected chi connectivity index (χ0v) is 19.6. The van der Waals surface area contributed by atoms with E-state index in [9.17, 15) is 14.4 Å². The first-order valence-corrected chi connectivity index (χ1v) is 11.4. The molecule has 35 heavy (non-hydrogen) atoms. The van der Waals surface area contributed by atoms with Crippen molar-refractivity contribution in [3.8, 4) is 11.5 Å². The van der Waals surface area contributed by atoms with Crippen molar-refractivity contribution in [2.75, 3.05) is 35.8 Å². The highest BCUT2D eigenvalue weighted by Gasteiger charge is 2.35. The molecule has 1 aliphatic rings. The van der Waals surface area contributed by atoms with Gasteiger partial charge in [0.15, 0.2) is 0 Å². The first-order valence-electron chi connectivity index (χ1n) is 11.4. The van der Waals surface area contributed by atoms with Crippen LogP contribution >= 0.6 is 0 Å².